The summed E-state index contributed by atoms with van der Waals surface area (Å²) in [5.74, 6) is 3.13. The molecule has 2 rings (SSSR count). The summed E-state index contributed by atoms with van der Waals surface area (Å²) in [6, 6.07) is 3.50. The van der Waals surface area contributed by atoms with Crippen LogP contribution >= 0.6 is 0 Å². The Balaban J connectivity index is 2.43. The molecule has 4 heteroatoms. The van der Waals surface area contributed by atoms with Crippen molar-refractivity contribution in [3.63, 3.8) is 0 Å². The second-order valence-corrected chi connectivity index (χ2v) is 4.76. The Labute approximate surface area is 101 Å². The van der Waals surface area contributed by atoms with E-state index < -0.39 is 0 Å². The van der Waals surface area contributed by atoms with Gasteiger partial charge in [-0.3, -0.25) is 4.90 Å². The highest BCUT2D eigenvalue weighted by atomic mass is 16.2. The molecule has 0 aliphatic carbocycles. The molecule has 0 aromatic carbocycles. The fourth-order valence-electron chi connectivity index (χ4n) is 1.89. The van der Waals surface area contributed by atoms with Crippen LogP contribution in [-0.2, 0) is 0 Å². The normalized spacial score (nSPS) is 18.4. The largest absolute Gasteiger partial charge is 0.326 e. The van der Waals surface area contributed by atoms with Crippen LogP contribution in [-0.4, -0.2) is 35.0 Å². The van der Waals surface area contributed by atoms with Gasteiger partial charge in [-0.2, -0.15) is 0 Å². The van der Waals surface area contributed by atoms with Crippen molar-refractivity contribution in [1.29, 1.82) is 0 Å². The van der Waals surface area contributed by atoms with Gasteiger partial charge in [-0.05, 0) is 26.0 Å². The quantitative estimate of drug-likeness (QED) is 0.687. The van der Waals surface area contributed by atoms with Gasteiger partial charge in [0.25, 0.3) is 0 Å². The predicted octanol–water partition coefficient (Wildman–Crippen LogP) is 1.71. The number of carbonyl (C=O) groups excluding carboxylic acids is 1. The van der Waals surface area contributed by atoms with Crippen molar-refractivity contribution in [2.75, 3.05) is 18.5 Å². The minimum atomic E-state index is -0.208. The Hall–Kier alpha value is -2.02. The van der Waals surface area contributed by atoms with Crippen molar-refractivity contribution in [3.8, 4) is 12.3 Å². The van der Waals surface area contributed by atoms with Crippen LogP contribution < -0.4 is 4.90 Å². The summed E-state index contributed by atoms with van der Waals surface area (Å²) < 4.78 is 0. The number of amides is 2. The topological polar surface area (TPSA) is 36.4 Å². The lowest BCUT2D eigenvalue weighted by Gasteiger charge is -2.24. The van der Waals surface area contributed by atoms with Gasteiger partial charge in [0, 0.05) is 13.2 Å². The summed E-state index contributed by atoms with van der Waals surface area (Å²) >= 11 is 0. The molecule has 1 aromatic rings. The van der Waals surface area contributed by atoms with E-state index >= 15 is 0 Å². The van der Waals surface area contributed by atoms with Crippen LogP contribution in [0, 0.1) is 12.3 Å². The first-order valence-electron chi connectivity index (χ1n) is 5.44. The van der Waals surface area contributed by atoms with Crippen LogP contribution in [0.4, 0.5) is 10.6 Å². The van der Waals surface area contributed by atoms with E-state index in [2.05, 4.69) is 10.9 Å². The van der Waals surface area contributed by atoms with Gasteiger partial charge in [-0.25, -0.2) is 9.78 Å². The molecule has 17 heavy (non-hydrogen) atoms. The highest BCUT2D eigenvalue weighted by Crippen LogP contribution is 2.29. The third-order valence-electron chi connectivity index (χ3n) is 3.17. The number of terminal acetylenes is 1. The van der Waals surface area contributed by atoms with E-state index in [1.54, 1.807) is 35.2 Å². The molecule has 1 aromatic heterocycles. The minimum absolute atomic E-state index is 0.0646. The fraction of sp³-hybridized carbons (Fsp3) is 0.385. The molecule has 0 radical (unpaired) electrons. The van der Waals surface area contributed by atoms with Gasteiger partial charge >= 0.3 is 6.03 Å². The van der Waals surface area contributed by atoms with Gasteiger partial charge in [0.2, 0.25) is 0 Å². The van der Waals surface area contributed by atoms with Crippen LogP contribution in [0.2, 0.25) is 0 Å². The molecular weight excluding hydrogens is 214 g/mol. The summed E-state index contributed by atoms with van der Waals surface area (Å²) in [6.07, 6.45) is 7.07. The SMILES string of the molecule is C#Cc1cccnc1N1CC(C)(C)N(C)C1=O. The molecule has 4 nitrogen and oxygen atoms in total. The van der Waals surface area contributed by atoms with Gasteiger partial charge in [0.15, 0.2) is 5.82 Å². The Morgan fingerprint density at radius 2 is 2.24 bits per heavy atom. The van der Waals surface area contributed by atoms with Gasteiger partial charge in [0.05, 0.1) is 17.6 Å². The number of hydrogen-bond acceptors (Lipinski definition) is 2. The molecule has 1 aliphatic rings. The molecule has 88 valence electrons. The monoisotopic (exact) mass is 229 g/mol. The number of hydrogen-bond donors (Lipinski definition) is 0. The summed E-state index contributed by atoms with van der Waals surface area (Å²) in [7, 11) is 1.79. The lowest BCUT2D eigenvalue weighted by molar-refractivity contribution is 0.198. The zero-order valence-electron chi connectivity index (χ0n) is 10.3. The lowest BCUT2D eigenvalue weighted by atomic mass is 10.1. The van der Waals surface area contributed by atoms with E-state index in [9.17, 15) is 4.79 Å². The second kappa shape index (κ2) is 3.77. The van der Waals surface area contributed by atoms with Gasteiger partial charge in [0.1, 0.15) is 0 Å². The zero-order chi connectivity index (χ0) is 12.6. The standard InChI is InChI=1S/C13H15N3O/c1-5-10-7-6-8-14-11(10)16-9-13(2,3)15(4)12(16)17/h1,6-8H,9H2,2-4H3. The maximum absolute atomic E-state index is 12.1. The zero-order valence-corrected chi connectivity index (χ0v) is 10.3. The molecule has 0 unspecified atom stereocenters. The highest BCUT2D eigenvalue weighted by Gasteiger charge is 2.42. The number of urea groups is 1. The summed E-state index contributed by atoms with van der Waals surface area (Å²) in [5.41, 5.74) is 0.437. The number of anilines is 1. The number of pyridine rings is 1. The lowest BCUT2D eigenvalue weighted by Crippen LogP contribution is -2.38. The maximum atomic E-state index is 12.1. The number of rotatable bonds is 1. The molecule has 0 atom stereocenters. The minimum Gasteiger partial charge on any atom is -0.320 e. The van der Waals surface area contributed by atoms with Crippen LogP contribution in [0.3, 0.4) is 0 Å². The van der Waals surface area contributed by atoms with E-state index in [0.717, 1.165) is 0 Å². The third kappa shape index (κ3) is 1.74. The fourth-order valence-corrected chi connectivity index (χ4v) is 1.89. The highest BCUT2D eigenvalue weighted by molar-refractivity contribution is 5.95. The van der Waals surface area contributed by atoms with Gasteiger partial charge in [-0.1, -0.05) is 5.92 Å². The van der Waals surface area contributed by atoms with Crippen molar-refractivity contribution in [2.24, 2.45) is 0 Å². The van der Waals surface area contributed by atoms with E-state index in [1.165, 1.54) is 0 Å². The van der Waals surface area contributed by atoms with E-state index in [1.807, 2.05) is 13.8 Å². The van der Waals surface area contributed by atoms with E-state index in [-0.39, 0.29) is 11.6 Å². The van der Waals surface area contributed by atoms with Crippen molar-refractivity contribution >= 4 is 11.8 Å². The summed E-state index contributed by atoms with van der Waals surface area (Å²) in [6.45, 7) is 4.63. The number of likely N-dealkylation sites (N-methyl/N-ethyl adjacent to an activating group) is 1. The van der Waals surface area contributed by atoms with Crippen LogP contribution in [0.15, 0.2) is 18.3 Å². The van der Waals surface area contributed by atoms with Crippen molar-refractivity contribution in [3.05, 3.63) is 23.9 Å². The van der Waals surface area contributed by atoms with Gasteiger partial charge in [-0.15, -0.1) is 6.42 Å². The Morgan fingerprint density at radius 1 is 1.53 bits per heavy atom. The molecule has 0 N–H and O–H groups in total. The first-order chi connectivity index (χ1) is 7.97. The van der Waals surface area contributed by atoms with Crippen molar-refractivity contribution in [2.45, 2.75) is 19.4 Å². The first kappa shape index (κ1) is 11.5. The molecule has 0 bridgehead atoms. The molecule has 2 heterocycles. The average molecular weight is 229 g/mol. The molecule has 2 amide bonds. The van der Waals surface area contributed by atoms with Crippen LogP contribution in [0.25, 0.3) is 0 Å². The van der Waals surface area contributed by atoms with Crippen LogP contribution in [0.5, 0.6) is 0 Å². The third-order valence-corrected chi connectivity index (χ3v) is 3.17. The second-order valence-electron chi connectivity index (χ2n) is 4.76. The first-order valence-corrected chi connectivity index (χ1v) is 5.44. The van der Waals surface area contributed by atoms with Crippen molar-refractivity contribution in [1.82, 2.24) is 9.88 Å². The molecule has 1 fully saturated rings. The van der Waals surface area contributed by atoms with Crippen LogP contribution in [0.1, 0.15) is 19.4 Å². The van der Waals surface area contributed by atoms with E-state index in [4.69, 9.17) is 6.42 Å². The maximum Gasteiger partial charge on any atom is 0.326 e. The number of aromatic nitrogens is 1. The predicted molar refractivity (Wildman–Crippen MR) is 66.8 cm³/mol. The number of carbonyl (C=O) groups is 1. The summed E-state index contributed by atoms with van der Waals surface area (Å²) in [5, 5.41) is 0. The molecule has 1 saturated heterocycles. The Kier molecular flexibility index (Phi) is 2.55. The molecular formula is C13H15N3O. The number of nitrogens with zero attached hydrogens (tertiary/aromatic N) is 3. The van der Waals surface area contributed by atoms with Gasteiger partial charge < -0.3 is 4.90 Å². The Morgan fingerprint density at radius 3 is 2.76 bits per heavy atom. The van der Waals surface area contributed by atoms with E-state index in [0.29, 0.717) is 17.9 Å². The molecule has 0 spiro atoms. The van der Waals surface area contributed by atoms with Crippen molar-refractivity contribution < 1.29 is 4.79 Å². The Bertz CT molecular complexity index is 502. The smallest absolute Gasteiger partial charge is 0.320 e. The summed E-state index contributed by atoms with van der Waals surface area (Å²) in [4.78, 5) is 19.7. The molecule has 1 aliphatic heterocycles. The molecule has 0 saturated carbocycles. The average Bonchev–Trinajstić information content (AvgIpc) is 2.53.